The van der Waals surface area contributed by atoms with E-state index in [1.54, 1.807) is 0 Å². The second-order valence-corrected chi connectivity index (χ2v) is 5.43. The smallest absolute Gasteiger partial charge is 0.234 e. The number of nitriles is 1. The third-order valence-electron chi connectivity index (χ3n) is 3.22. The zero-order valence-electron chi connectivity index (χ0n) is 12.6. The molecule has 4 nitrogen and oxygen atoms in total. The lowest BCUT2D eigenvalue weighted by molar-refractivity contribution is -0.120. The van der Waals surface area contributed by atoms with Gasteiger partial charge in [-0.1, -0.05) is 35.9 Å². The van der Waals surface area contributed by atoms with E-state index in [0.717, 1.165) is 16.9 Å². The van der Waals surface area contributed by atoms with Gasteiger partial charge in [0.1, 0.15) is 18.8 Å². The summed E-state index contributed by atoms with van der Waals surface area (Å²) in [6.45, 7) is 1.01. The molecule has 5 heteroatoms. The van der Waals surface area contributed by atoms with Gasteiger partial charge in [0.05, 0.1) is 6.07 Å². The molecular formula is C18H17ClN2O2. The molecule has 23 heavy (non-hydrogen) atoms. The molecule has 2 rings (SSSR count). The van der Waals surface area contributed by atoms with Crippen LogP contribution in [0.2, 0.25) is 5.02 Å². The Balaban J connectivity index is 1.77. The van der Waals surface area contributed by atoms with Crippen LogP contribution >= 0.6 is 11.6 Å². The van der Waals surface area contributed by atoms with Gasteiger partial charge in [0.2, 0.25) is 5.91 Å². The van der Waals surface area contributed by atoms with Crippen LogP contribution in [0.3, 0.4) is 0 Å². The molecule has 0 aliphatic carbocycles. The van der Waals surface area contributed by atoms with Gasteiger partial charge in [-0.25, -0.2) is 0 Å². The Kier molecular flexibility index (Phi) is 6.46. The molecule has 0 saturated carbocycles. The molecule has 0 aromatic heterocycles. The molecule has 0 fully saturated rings. The normalized spacial score (nSPS) is 9.91. The van der Waals surface area contributed by atoms with Crippen LogP contribution in [0.1, 0.15) is 17.5 Å². The average Bonchev–Trinajstić information content (AvgIpc) is 2.56. The van der Waals surface area contributed by atoms with Crippen molar-refractivity contribution in [3.05, 3.63) is 64.7 Å². The fourth-order valence-electron chi connectivity index (χ4n) is 1.98. The van der Waals surface area contributed by atoms with E-state index < -0.39 is 0 Å². The number of hydrogen-bond acceptors (Lipinski definition) is 3. The number of nitrogens with one attached hydrogen (secondary N) is 1. The van der Waals surface area contributed by atoms with Crippen LogP contribution in [0.5, 0.6) is 5.75 Å². The number of halogens is 1. The van der Waals surface area contributed by atoms with Crippen molar-refractivity contribution in [1.82, 2.24) is 5.32 Å². The third-order valence-corrected chi connectivity index (χ3v) is 3.47. The van der Waals surface area contributed by atoms with Crippen molar-refractivity contribution in [3.63, 3.8) is 0 Å². The quantitative estimate of drug-likeness (QED) is 0.846. The van der Waals surface area contributed by atoms with Crippen molar-refractivity contribution < 1.29 is 9.53 Å². The largest absolute Gasteiger partial charge is 0.489 e. The minimum Gasteiger partial charge on any atom is -0.489 e. The predicted molar refractivity (Wildman–Crippen MR) is 89.2 cm³/mol. The first-order chi connectivity index (χ1) is 11.2. The first-order valence-corrected chi connectivity index (χ1v) is 7.65. The Morgan fingerprint density at radius 1 is 1.09 bits per heavy atom. The molecule has 0 radical (unpaired) electrons. The molecule has 1 amide bonds. The van der Waals surface area contributed by atoms with Crippen molar-refractivity contribution in [2.45, 2.75) is 19.4 Å². The van der Waals surface area contributed by atoms with Gasteiger partial charge in [-0.15, -0.1) is 0 Å². The average molecular weight is 329 g/mol. The maximum absolute atomic E-state index is 11.2. The van der Waals surface area contributed by atoms with E-state index in [2.05, 4.69) is 5.32 Å². The zero-order chi connectivity index (χ0) is 16.5. The molecule has 0 atom stereocenters. The van der Waals surface area contributed by atoms with Gasteiger partial charge >= 0.3 is 0 Å². The van der Waals surface area contributed by atoms with Crippen LogP contribution < -0.4 is 10.1 Å². The molecule has 0 spiro atoms. The summed E-state index contributed by atoms with van der Waals surface area (Å²) in [6, 6.07) is 17.1. The molecule has 0 aliphatic heterocycles. The Morgan fingerprint density at radius 3 is 2.39 bits per heavy atom. The summed E-state index contributed by atoms with van der Waals surface area (Å²) in [7, 11) is 0. The highest BCUT2D eigenvalue weighted by Crippen LogP contribution is 2.15. The highest BCUT2D eigenvalue weighted by atomic mass is 35.5. The zero-order valence-corrected chi connectivity index (χ0v) is 13.3. The van der Waals surface area contributed by atoms with E-state index >= 15 is 0 Å². The van der Waals surface area contributed by atoms with Crippen LogP contribution in [0.4, 0.5) is 0 Å². The van der Waals surface area contributed by atoms with Gasteiger partial charge in [0.25, 0.3) is 0 Å². The molecule has 0 bridgehead atoms. The van der Waals surface area contributed by atoms with E-state index in [-0.39, 0.29) is 12.3 Å². The molecule has 0 heterocycles. The van der Waals surface area contributed by atoms with Crippen molar-refractivity contribution in [2.75, 3.05) is 6.54 Å². The number of benzene rings is 2. The summed E-state index contributed by atoms with van der Waals surface area (Å²) in [5.41, 5.74) is 2.15. The summed E-state index contributed by atoms with van der Waals surface area (Å²) in [5, 5.41) is 11.8. The van der Waals surface area contributed by atoms with Crippen LogP contribution in [0.15, 0.2) is 48.5 Å². The lowest BCUT2D eigenvalue weighted by atomic mass is 10.1. The van der Waals surface area contributed by atoms with Crippen LogP contribution in [0.25, 0.3) is 0 Å². The van der Waals surface area contributed by atoms with E-state index in [1.165, 1.54) is 0 Å². The second kappa shape index (κ2) is 8.82. The molecule has 0 unspecified atom stereocenters. The number of amides is 1. The van der Waals surface area contributed by atoms with Crippen molar-refractivity contribution in [2.24, 2.45) is 0 Å². The summed E-state index contributed by atoms with van der Waals surface area (Å²) < 4.78 is 5.71. The minimum atomic E-state index is -0.240. The van der Waals surface area contributed by atoms with Gasteiger partial charge in [-0.05, 0) is 41.8 Å². The second-order valence-electron chi connectivity index (χ2n) is 4.99. The van der Waals surface area contributed by atoms with Gasteiger partial charge in [-0.3, -0.25) is 4.79 Å². The van der Waals surface area contributed by atoms with Crippen molar-refractivity contribution in [3.8, 4) is 11.8 Å². The summed E-state index contributed by atoms with van der Waals surface area (Å²) >= 11 is 5.84. The maximum Gasteiger partial charge on any atom is 0.234 e. The standard InChI is InChI=1S/C18H17ClN2O2/c19-16-5-1-15(2-6-16)13-23-17-7-3-14(4-8-17)10-12-21-18(22)9-11-20/h1-8H,9-10,12-13H2,(H,21,22). The minimum absolute atomic E-state index is 0.0997. The first kappa shape index (κ1) is 16.9. The molecule has 2 aromatic carbocycles. The molecule has 1 N–H and O–H groups in total. The topological polar surface area (TPSA) is 62.1 Å². The molecular weight excluding hydrogens is 312 g/mol. The lowest BCUT2D eigenvalue weighted by Crippen LogP contribution is -2.24. The summed E-state index contributed by atoms with van der Waals surface area (Å²) in [6.07, 6.45) is 0.617. The molecule has 0 aliphatic rings. The lowest BCUT2D eigenvalue weighted by Gasteiger charge is -2.08. The number of nitrogens with zero attached hydrogens (tertiary/aromatic N) is 1. The van der Waals surface area contributed by atoms with Crippen molar-refractivity contribution in [1.29, 1.82) is 5.26 Å². The number of ether oxygens (including phenoxy) is 1. The van der Waals surface area contributed by atoms with E-state index in [4.69, 9.17) is 21.6 Å². The van der Waals surface area contributed by atoms with Gasteiger partial charge in [0.15, 0.2) is 0 Å². The van der Waals surface area contributed by atoms with Crippen molar-refractivity contribution >= 4 is 17.5 Å². The van der Waals surface area contributed by atoms with Gasteiger partial charge < -0.3 is 10.1 Å². The molecule has 118 valence electrons. The Bertz CT molecular complexity index is 676. The summed E-state index contributed by atoms with van der Waals surface area (Å²) in [5.74, 6) is 0.549. The number of hydrogen-bond donors (Lipinski definition) is 1. The van der Waals surface area contributed by atoms with Crippen LogP contribution in [-0.2, 0) is 17.8 Å². The van der Waals surface area contributed by atoms with Crippen LogP contribution in [-0.4, -0.2) is 12.5 Å². The third kappa shape index (κ3) is 6.01. The Morgan fingerprint density at radius 2 is 1.74 bits per heavy atom. The predicted octanol–water partition coefficient (Wildman–Crippen LogP) is 3.49. The highest BCUT2D eigenvalue weighted by molar-refractivity contribution is 6.30. The number of carbonyl (C=O) groups is 1. The number of carbonyl (C=O) groups excluding carboxylic acids is 1. The molecule has 2 aromatic rings. The Labute approximate surface area is 140 Å². The molecule has 0 saturated heterocycles. The van der Waals surface area contributed by atoms with Crippen LogP contribution in [0, 0.1) is 11.3 Å². The first-order valence-electron chi connectivity index (χ1n) is 7.27. The maximum atomic E-state index is 11.2. The van der Waals surface area contributed by atoms with E-state index in [9.17, 15) is 4.79 Å². The SMILES string of the molecule is N#CCC(=O)NCCc1ccc(OCc2ccc(Cl)cc2)cc1. The Hall–Kier alpha value is -2.51. The highest BCUT2D eigenvalue weighted by Gasteiger charge is 2.00. The van der Waals surface area contributed by atoms with E-state index in [1.807, 2.05) is 54.6 Å². The summed E-state index contributed by atoms with van der Waals surface area (Å²) in [4.78, 5) is 11.2. The fraction of sp³-hybridized carbons (Fsp3) is 0.222. The fourth-order valence-corrected chi connectivity index (χ4v) is 2.11. The monoisotopic (exact) mass is 328 g/mol. The van der Waals surface area contributed by atoms with Gasteiger partial charge in [-0.2, -0.15) is 5.26 Å². The van der Waals surface area contributed by atoms with E-state index in [0.29, 0.717) is 24.6 Å². The van der Waals surface area contributed by atoms with Gasteiger partial charge in [0, 0.05) is 11.6 Å². The number of rotatable bonds is 7.